The lowest BCUT2D eigenvalue weighted by Crippen LogP contribution is -2.58. The monoisotopic (exact) mass is 275 g/mol. The topological polar surface area (TPSA) is 131 Å². The third kappa shape index (κ3) is 4.29. The summed E-state index contributed by atoms with van der Waals surface area (Å²) in [5.74, 6) is -3.36. The lowest BCUT2D eigenvalue weighted by atomic mass is 10.0. The molecule has 0 saturated carbocycles. The van der Waals surface area contributed by atoms with Crippen LogP contribution in [0.1, 0.15) is 0 Å². The highest BCUT2D eigenvalue weighted by atomic mass is 19.4. The number of amidine groups is 1. The van der Waals surface area contributed by atoms with Crippen molar-refractivity contribution in [2.45, 2.75) is 11.7 Å². The molecular formula is C8H16F3N3O4. The number of nitrogens with zero attached hydrogens (tertiary/aromatic N) is 1. The van der Waals surface area contributed by atoms with Crippen LogP contribution in [0.15, 0.2) is 5.16 Å². The molecule has 0 spiro atoms. The van der Waals surface area contributed by atoms with E-state index in [1.807, 2.05) is 0 Å². The molecule has 1 unspecified atom stereocenters. The second-order valence-corrected chi connectivity index (χ2v) is 3.75. The predicted octanol–water partition coefficient (Wildman–Crippen LogP) is -1.78. The van der Waals surface area contributed by atoms with Gasteiger partial charge in [0.2, 0.25) is 0 Å². The van der Waals surface area contributed by atoms with Crippen molar-refractivity contribution in [3.8, 4) is 0 Å². The fourth-order valence-electron chi connectivity index (χ4n) is 1.09. The number of hydrogen-bond acceptors (Lipinski definition) is 6. The average Bonchev–Trinajstić information content (AvgIpc) is 2.33. The van der Waals surface area contributed by atoms with E-state index in [1.54, 1.807) is 0 Å². The Labute approximate surface area is 101 Å². The highest BCUT2D eigenvalue weighted by Gasteiger charge is 2.44. The fourth-order valence-corrected chi connectivity index (χ4v) is 1.09. The van der Waals surface area contributed by atoms with E-state index in [2.05, 4.69) is 10.5 Å². The van der Waals surface area contributed by atoms with Gasteiger partial charge in [-0.3, -0.25) is 0 Å². The molecule has 10 heteroatoms. The molecule has 0 rings (SSSR count). The number of halogens is 3. The molecule has 0 bridgehead atoms. The van der Waals surface area contributed by atoms with Gasteiger partial charge in [-0.15, -0.1) is 0 Å². The molecule has 18 heavy (non-hydrogen) atoms. The van der Waals surface area contributed by atoms with Crippen molar-refractivity contribution in [3.05, 3.63) is 0 Å². The van der Waals surface area contributed by atoms with Crippen LogP contribution < -0.4 is 11.1 Å². The molecular weight excluding hydrogens is 259 g/mol. The van der Waals surface area contributed by atoms with Crippen LogP contribution in [-0.2, 0) is 0 Å². The van der Waals surface area contributed by atoms with Gasteiger partial charge in [0.15, 0.2) is 5.84 Å². The summed E-state index contributed by atoms with van der Waals surface area (Å²) in [4.78, 5) is 0. The van der Waals surface area contributed by atoms with Crippen molar-refractivity contribution in [1.82, 2.24) is 5.32 Å². The second-order valence-electron chi connectivity index (χ2n) is 3.75. The van der Waals surface area contributed by atoms with E-state index in [1.165, 1.54) is 0 Å². The molecule has 1 atom stereocenters. The SMILES string of the molecule is NC(=NO)C(CNC(CO)(CO)CO)C(F)(F)F. The first-order valence-electron chi connectivity index (χ1n) is 4.88. The van der Waals surface area contributed by atoms with E-state index in [9.17, 15) is 13.2 Å². The Morgan fingerprint density at radius 1 is 1.17 bits per heavy atom. The normalized spacial score (nSPS) is 15.8. The third-order valence-electron chi connectivity index (χ3n) is 2.46. The van der Waals surface area contributed by atoms with Crippen LogP contribution >= 0.6 is 0 Å². The van der Waals surface area contributed by atoms with Crippen LogP contribution in [0.2, 0.25) is 0 Å². The second kappa shape index (κ2) is 6.73. The maximum Gasteiger partial charge on any atom is 0.400 e. The van der Waals surface area contributed by atoms with Gasteiger partial charge >= 0.3 is 6.18 Å². The Hall–Kier alpha value is -1.10. The number of oxime groups is 1. The summed E-state index contributed by atoms with van der Waals surface area (Å²) in [6, 6.07) is 0. The Morgan fingerprint density at radius 3 is 1.89 bits per heavy atom. The molecule has 0 radical (unpaired) electrons. The van der Waals surface area contributed by atoms with Gasteiger partial charge in [-0.1, -0.05) is 5.16 Å². The molecule has 7 N–H and O–H groups in total. The van der Waals surface area contributed by atoms with Crippen molar-refractivity contribution in [2.24, 2.45) is 16.8 Å². The maximum absolute atomic E-state index is 12.5. The smallest absolute Gasteiger partial charge is 0.400 e. The number of hydrogen-bond donors (Lipinski definition) is 6. The molecule has 0 fully saturated rings. The van der Waals surface area contributed by atoms with Crippen LogP contribution in [0.5, 0.6) is 0 Å². The van der Waals surface area contributed by atoms with Crippen molar-refractivity contribution in [1.29, 1.82) is 0 Å². The summed E-state index contributed by atoms with van der Waals surface area (Å²) >= 11 is 0. The average molecular weight is 275 g/mol. The highest BCUT2D eigenvalue weighted by Crippen LogP contribution is 2.26. The van der Waals surface area contributed by atoms with E-state index in [0.29, 0.717) is 0 Å². The van der Waals surface area contributed by atoms with E-state index in [0.717, 1.165) is 0 Å². The molecule has 0 aromatic heterocycles. The standard InChI is InChI=1S/C8H16F3N3O4/c9-8(10,11)5(6(12)14-18)1-13-7(2-15,3-16)4-17/h5,13,15-18H,1-4H2,(H2,12,14). The number of aliphatic hydroxyl groups is 3. The lowest BCUT2D eigenvalue weighted by molar-refractivity contribution is -0.156. The lowest BCUT2D eigenvalue weighted by Gasteiger charge is -2.31. The summed E-state index contributed by atoms with van der Waals surface area (Å²) in [5.41, 5.74) is 3.24. The Bertz CT molecular complexity index is 273. The predicted molar refractivity (Wildman–Crippen MR) is 54.9 cm³/mol. The van der Waals surface area contributed by atoms with Gasteiger partial charge in [0.05, 0.1) is 25.4 Å². The molecule has 0 aliphatic heterocycles. The molecule has 7 nitrogen and oxygen atoms in total. The van der Waals surface area contributed by atoms with E-state index in [4.69, 9.17) is 26.3 Å². The zero-order valence-corrected chi connectivity index (χ0v) is 9.35. The molecule has 0 aromatic carbocycles. The van der Waals surface area contributed by atoms with Crippen molar-refractivity contribution >= 4 is 5.84 Å². The minimum Gasteiger partial charge on any atom is -0.409 e. The van der Waals surface area contributed by atoms with Gasteiger partial charge < -0.3 is 31.6 Å². The van der Waals surface area contributed by atoms with Crippen LogP contribution in [0, 0.1) is 5.92 Å². The van der Waals surface area contributed by atoms with E-state index >= 15 is 0 Å². The largest absolute Gasteiger partial charge is 0.409 e. The minimum absolute atomic E-state index is 0.777. The van der Waals surface area contributed by atoms with Gasteiger partial charge in [-0.25, -0.2) is 0 Å². The number of rotatable bonds is 7. The number of aliphatic hydroxyl groups excluding tert-OH is 3. The van der Waals surface area contributed by atoms with Gasteiger partial charge in [-0.2, -0.15) is 13.2 Å². The summed E-state index contributed by atoms with van der Waals surface area (Å²) < 4.78 is 37.6. The minimum atomic E-state index is -4.77. The fraction of sp³-hybridized carbons (Fsp3) is 0.875. The Balaban J connectivity index is 4.82. The van der Waals surface area contributed by atoms with Gasteiger partial charge in [0.25, 0.3) is 0 Å². The molecule has 0 aromatic rings. The molecule has 108 valence electrons. The Kier molecular flexibility index (Phi) is 6.32. The molecule has 0 aliphatic carbocycles. The van der Waals surface area contributed by atoms with Gasteiger partial charge in [-0.05, 0) is 0 Å². The van der Waals surface area contributed by atoms with Gasteiger partial charge in [0.1, 0.15) is 5.92 Å². The van der Waals surface area contributed by atoms with E-state index in [-0.39, 0.29) is 0 Å². The van der Waals surface area contributed by atoms with E-state index < -0.39 is 49.8 Å². The van der Waals surface area contributed by atoms with Crippen molar-refractivity contribution in [3.63, 3.8) is 0 Å². The maximum atomic E-state index is 12.5. The van der Waals surface area contributed by atoms with Crippen LogP contribution in [0.25, 0.3) is 0 Å². The quantitative estimate of drug-likeness (QED) is 0.141. The zero-order chi connectivity index (χ0) is 14.4. The highest BCUT2D eigenvalue weighted by molar-refractivity contribution is 5.83. The first-order chi connectivity index (χ1) is 8.26. The van der Waals surface area contributed by atoms with Crippen molar-refractivity contribution < 1.29 is 33.7 Å². The van der Waals surface area contributed by atoms with Crippen molar-refractivity contribution in [2.75, 3.05) is 26.4 Å². The summed E-state index contributed by atoms with van der Waals surface area (Å²) in [5, 5.41) is 39.4. The summed E-state index contributed by atoms with van der Waals surface area (Å²) in [6.45, 7) is -3.19. The third-order valence-corrected chi connectivity index (χ3v) is 2.46. The zero-order valence-electron chi connectivity index (χ0n) is 9.35. The first-order valence-corrected chi connectivity index (χ1v) is 4.88. The van der Waals surface area contributed by atoms with Gasteiger partial charge in [0, 0.05) is 6.54 Å². The number of alkyl halides is 3. The number of nitrogens with two attached hydrogens (primary N) is 1. The number of nitrogens with one attached hydrogen (secondary N) is 1. The van der Waals surface area contributed by atoms with Crippen LogP contribution in [0.4, 0.5) is 13.2 Å². The summed E-state index contributed by atoms with van der Waals surface area (Å²) in [6.07, 6.45) is -4.77. The first kappa shape index (κ1) is 16.9. The summed E-state index contributed by atoms with van der Waals surface area (Å²) in [7, 11) is 0. The molecule has 0 heterocycles. The molecule has 0 amide bonds. The molecule has 0 aliphatic rings. The molecule has 0 saturated heterocycles. The van der Waals surface area contributed by atoms with Crippen LogP contribution in [-0.4, -0.2) is 64.4 Å². The van der Waals surface area contributed by atoms with Crippen LogP contribution in [0.3, 0.4) is 0 Å². The Morgan fingerprint density at radius 2 is 1.61 bits per heavy atom.